The van der Waals surface area contributed by atoms with E-state index >= 15 is 0 Å². The molecule has 1 atom stereocenters. The molecule has 16 heavy (non-hydrogen) atoms. The van der Waals surface area contributed by atoms with Crippen molar-refractivity contribution in [3.63, 3.8) is 0 Å². The molecular weight excluding hydrogens is 282 g/mol. The summed E-state index contributed by atoms with van der Waals surface area (Å²) in [4.78, 5) is 4.10. The molecule has 1 saturated heterocycles. The number of thiophene rings is 1. The lowest BCUT2D eigenvalue weighted by atomic mass is 9.98. The molecule has 0 aliphatic carbocycles. The van der Waals surface area contributed by atoms with Crippen molar-refractivity contribution in [2.45, 2.75) is 39.2 Å². The summed E-state index contributed by atoms with van der Waals surface area (Å²) in [7, 11) is 0. The van der Waals surface area contributed by atoms with Crippen LogP contribution < -0.4 is 0 Å². The molecule has 0 spiro atoms. The zero-order valence-electron chi connectivity index (χ0n) is 9.92. The van der Waals surface area contributed by atoms with Crippen LogP contribution in [0.5, 0.6) is 0 Å². The van der Waals surface area contributed by atoms with E-state index in [2.05, 4.69) is 39.2 Å². The Bertz CT molecular complexity index is 323. The van der Waals surface area contributed by atoms with Gasteiger partial charge in [0.05, 0.1) is 0 Å². The first-order chi connectivity index (χ1) is 7.79. The van der Waals surface area contributed by atoms with E-state index in [1.807, 2.05) is 11.3 Å². The maximum absolute atomic E-state index is 3.62. The molecule has 0 aromatic carbocycles. The molecule has 1 unspecified atom stereocenters. The summed E-state index contributed by atoms with van der Waals surface area (Å²) in [6.07, 6.45) is 5.55. The molecule has 0 N–H and O–H groups in total. The van der Waals surface area contributed by atoms with Gasteiger partial charge in [-0.05, 0) is 65.6 Å². The van der Waals surface area contributed by atoms with Crippen LogP contribution in [0.15, 0.2) is 15.9 Å². The predicted octanol–water partition coefficient (Wildman–Crippen LogP) is 4.52. The van der Waals surface area contributed by atoms with Crippen molar-refractivity contribution in [3.8, 4) is 0 Å². The summed E-state index contributed by atoms with van der Waals surface area (Å²) in [5.74, 6) is 0.969. The molecule has 0 amide bonds. The Morgan fingerprint density at radius 3 is 3.00 bits per heavy atom. The number of hydrogen-bond donors (Lipinski definition) is 0. The van der Waals surface area contributed by atoms with Crippen molar-refractivity contribution >= 4 is 27.3 Å². The second-order valence-electron chi connectivity index (χ2n) is 4.67. The van der Waals surface area contributed by atoms with E-state index in [-0.39, 0.29) is 0 Å². The summed E-state index contributed by atoms with van der Waals surface area (Å²) in [6, 6.07) is 2.16. The standard InChI is InChI=1S/C13H20BrNS/c1-2-11-4-3-7-15(8-5-11)10-13-12(14)6-9-16-13/h6,9,11H,2-5,7-8,10H2,1H3. The van der Waals surface area contributed by atoms with Gasteiger partial charge in [0, 0.05) is 15.9 Å². The Morgan fingerprint density at radius 2 is 2.31 bits per heavy atom. The van der Waals surface area contributed by atoms with Gasteiger partial charge in [-0.15, -0.1) is 11.3 Å². The van der Waals surface area contributed by atoms with Crippen LogP contribution in [0.3, 0.4) is 0 Å². The molecule has 0 bridgehead atoms. The van der Waals surface area contributed by atoms with E-state index in [0.717, 1.165) is 12.5 Å². The van der Waals surface area contributed by atoms with Gasteiger partial charge in [-0.2, -0.15) is 0 Å². The minimum Gasteiger partial charge on any atom is -0.298 e. The van der Waals surface area contributed by atoms with Gasteiger partial charge < -0.3 is 0 Å². The fraction of sp³-hybridized carbons (Fsp3) is 0.692. The smallest absolute Gasteiger partial charge is 0.0339 e. The normalized spacial score (nSPS) is 23.2. The van der Waals surface area contributed by atoms with Crippen molar-refractivity contribution in [2.24, 2.45) is 5.92 Å². The van der Waals surface area contributed by atoms with E-state index in [1.165, 1.54) is 48.1 Å². The first-order valence-corrected chi connectivity index (χ1v) is 7.91. The summed E-state index contributed by atoms with van der Waals surface area (Å²) < 4.78 is 1.29. The van der Waals surface area contributed by atoms with Crippen LogP contribution in [0.2, 0.25) is 0 Å². The van der Waals surface area contributed by atoms with Gasteiger partial charge in [0.25, 0.3) is 0 Å². The second kappa shape index (κ2) is 6.18. The van der Waals surface area contributed by atoms with Crippen molar-refractivity contribution in [3.05, 3.63) is 20.8 Å². The van der Waals surface area contributed by atoms with Crippen molar-refractivity contribution in [1.82, 2.24) is 4.90 Å². The van der Waals surface area contributed by atoms with E-state index < -0.39 is 0 Å². The van der Waals surface area contributed by atoms with Crippen molar-refractivity contribution < 1.29 is 0 Å². The summed E-state index contributed by atoms with van der Waals surface area (Å²) in [5.41, 5.74) is 0. The first kappa shape index (κ1) is 12.6. The minimum absolute atomic E-state index is 0.969. The Morgan fingerprint density at radius 1 is 1.44 bits per heavy atom. The van der Waals surface area contributed by atoms with Crippen molar-refractivity contribution in [1.29, 1.82) is 0 Å². The molecule has 1 aromatic rings. The molecular formula is C13H20BrNS. The third kappa shape index (κ3) is 3.31. The maximum Gasteiger partial charge on any atom is 0.0339 e. The zero-order chi connectivity index (χ0) is 11.4. The quantitative estimate of drug-likeness (QED) is 0.793. The molecule has 90 valence electrons. The van der Waals surface area contributed by atoms with Gasteiger partial charge in [0.15, 0.2) is 0 Å². The number of hydrogen-bond acceptors (Lipinski definition) is 2. The summed E-state index contributed by atoms with van der Waals surface area (Å²) >= 11 is 5.49. The molecule has 0 radical (unpaired) electrons. The third-order valence-corrected chi connectivity index (χ3v) is 5.49. The highest BCUT2D eigenvalue weighted by molar-refractivity contribution is 9.10. The van der Waals surface area contributed by atoms with Crippen LogP contribution in [-0.2, 0) is 6.54 Å². The van der Waals surface area contributed by atoms with Gasteiger partial charge in [0.2, 0.25) is 0 Å². The topological polar surface area (TPSA) is 3.24 Å². The van der Waals surface area contributed by atoms with Crippen molar-refractivity contribution in [2.75, 3.05) is 13.1 Å². The summed E-state index contributed by atoms with van der Waals surface area (Å²) in [6.45, 7) is 6.02. The van der Waals surface area contributed by atoms with Gasteiger partial charge in [-0.1, -0.05) is 13.3 Å². The van der Waals surface area contributed by atoms with Gasteiger partial charge in [-0.25, -0.2) is 0 Å². The molecule has 2 rings (SSSR count). The lowest BCUT2D eigenvalue weighted by molar-refractivity contribution is 0.274. The average Bonchev–Trinajstić information content (AvgIpc) is 2.56. The van der Waals surface area contributed by atoms with Crippen LogP contribution in [0.4, 0.5) is 0 Å². The van der Waals surface area contributed by atoms with Crippen LogP contribution in [0.25, 0.3) is 0 Å². The molecule has 1 aliphatic heterocycles. The predicted molar refractivity (Wildman–Crippen MR) is 74.9 cm³/mol. The third-order valence-electron chi connectivity index (χ3n) is 3.58. The van der Waals surface area contributed by atoms with E-state index in [1.54, 1.807) is 0 Å². The Hall–Kier alpha value is 0.140. The van der Waals surface area contributed by atoms with Crippen LogP contribution in [0, 0.1) is 5.92 Å². The van der Waals surface area contributed by atoms with E-state index in [9.17, 15) is 0 Å². The Labute approximate surface area is 111 Å². The molecule has 1 fully saturated rings. The lowest BCUT2D eigenvalue weighted by Gasteiger charge is -2.19. The average molecular weight is 302 g/mol. The number of rotatable bonds is 3. The largest absolute Gasteiger partial charge is 0.298 e. The minimum atomic E-state index is 0.969. The molecule has 1 nitrogen and oxygen atoms in total. The first-order valence-electron chi connectivity index (χ1n) is 6.23. The van der Waals surface area contributed by atoms with Crippen LogP contribution in [0.1, 0.15) is 37.5 Å². The number of likely N-dealkylation sites (tertiary alicyclic amines) is 1. The highest BCUT2D eigenvalue weighted by atomic mass is 79.9. The zero-order valence-corrected chi connectivity index (χ0v) is 12.3. The Kier molecular flexibility index (Phi) is 4.86. The fourth-order valence-electron chi connectivity index (χ4n) is 2.43. The molecule has 1 aromatic heterocycles. The maximum atomic E-state index is 3.62. The summed E-state index contributed by atoms with van der Waals surface area (Å²) in [5, 5.41) is 2.17. The van der Waals surface area contributed by atoms with E-state index in [4.69, 9.17) is 0 Å². The van der Waals surface area contributed by atoms with Gasteiger partial charge >= 0.3 is 0 Å². The molecule has 2 heterocycles. The highest BCUT2D eigenvalue weighted by Crippen LogP contribution is 2.26. The Balaban J connectivity index is 1.89. The molecule has 0 saturated carbocycles. The number of halogens is 1. The van der Waals surface area contributed by atoms with Crippen LogP contribution >= 0.6 is 27.3 Å². The fourth-order valence-corrected chi connectivity index (χ4v) is 3.95. The highest BCUT2D eigenvalue weighted by Gasteiger charge is 2.16. The monoisotopic (exact) mass is 301 g/mol. The SMILES string of the molecule is CCC1CCCN(Cc2sccc2Br)CC1. The van der Waals surface area contributed by atoms with Crippen LogP contribution in [-0.4, -0.2) is 18.0 Å². The van der Waals surface area contributed by atoms with Gasteiger partial charge in [0.1, 0.15) is 0 Å². The molecule has 1 aliphatic rings. The molecule has 3 heteroatoms. The number of nitrogens with zero attached hydrogens (tertiary/aromatic N) is 1. The van der Waals surface area contributed by atoms with Gasteiger partial charge in [-0.3, -0.25) is 4.90 Å². The lowest BCUT2D eigenvalue weighted by Crippen LogP contribution is -2.23. The van der Waals surface area contributed by atoms with E-state index in [0.29, 0.717) is 0 Å². The second-order valence-corrected chi connectivity index (χ2v) is 6.53.